The van der Waals surface area contributed by atoms with Crippen LogP contribution in [0.4, 0.5) is 11.4 Å². The number of hydrogen-bond acceptors (Lipinski definition) is 5. The molecule has 6 nitrogen and oxygen atoms in total. The maximum atomic E-state index is 11.9. The number of anilines is 2. The average molecular weight is 350 g/mol. The summed E-state index contributed by atoms with van der Waals surface area (Å²) in [4.78, 5) is 35.3. The zero-order valence-electron chi connectivity index (χ0n) is 13.9. The molecule has 3 aromatic rings. The fraction of sp³-hybridized carbons (Fsp3) is 0.150. The topological polar surface area (TPSA) is 95.5 Å². The first kappa shape index (κ1) is 17.4. The van der Waals surface area contributed by atoms with Crippen LogP contribution in [0.1, 0.15) is 11.1 Å². The van der Waals surface area contributed by atoms with Crippen LogP contribution in [-0.2, 0) is 17.8 Å². The van der Waals surface area contributed by atoms with Gasteiger partial charge in [0.2, 0.25) is 0 Å². The summed E-state index contributed by atoms with van der Waals surface area (Å²) in [5, 5.41) is 15.1. The molecule has 132 valence electrons. The fourth-order valence-electron chi connectivity index (χ4n) is 2.71. The number of hydrogen-bond donors (Lipinski definition) is 3. The molecule has 0 saturated carbocycles. The standard InChI is InChI=1S/C20H18N2O4/c23-18-16(21-12-14-9-5-2-6-10-14)17(19(18)24)22-15(20(25)26)11-13-7-3-1-4-8-13/h1-10,15,21-22H,11-12H2,(H,25,26). The third kappa shape index (κ3) is 3.80. The van der Waals surface area contributed by atoms with Crippen molar-refractivity contribution in [3.8, 4) is 0 Å². The van der Waals surface area contributed by atoms with Crippen molar-refractivity contribution < 1.29 is 9.90 Å². The summed E-state index contributed by atoms with van der Waals surface area (Å²) in [5.74, 6) is -1.09. The highest BCUT2D eigenvalue weighted by molar-refractivity contribution is 5.82. The first-order valence-electron chi connectivity index (χ1n) is 8.20. The first-order valence-corrected chi connectivity index (χ1v) is 8.20. The predicted octanol–water partition coefficient (Wildman–Crippen LogP) is 2.00. The van der Waals surface area contributed by atoms with Gasteiger partial charge in [-0.3, -0.25) is 9.59 Å². The molecule has 6 heteroatoms. The van der Waals surface area contributed by atoms with Gasteiger partial charge in [-0.15, -0.1) is 0 Å². The molecular weight excluding hydrogens is 332 g/mol. The molecule has 0 aliphatic carbocycles. The van der Waals surface area contributed by atoms with E-state index in [1.54, 1.807) is 0 Å². The second-order valence-corrected chi connectivity index (χ2v) is 5.97. The molecule has 0 saturated heterocycles. The molecular formula is C20H18N2O4. The van der Waals surface area contributed by atoms with Gasteiger partial charge in [-0.25, -0.2) is 4.79 Å². The van der Waals surface area contributed by atoms with Crippen LogP contribution in [0.15, 0.2) is 70.3 Å². The van der Waals surface area contributed by atoms with Gasteiger partial charge in [-0.1, -0.05) is 60.7 Å². The van der Waals surface area contributed by atoms with E-state index in [4.69, 9.17) is 0 Å². The molecule has 0 aliphatic rings. The van der Waals surface area contributed by atoms with Gasteiger partial charge in [0.25, 0.3) is 10.9 Å². The van der Waals surface area contributed by atoms with E-state index >= 15 is 0 Å². The van der Waals surface area contributed by atoms with Gasteiger partial charge in [0.05, 0.1) is 0 Å². The second-order valence-electron chi connectivity index (χ2n) is 5.97. The Balaban J connectivity index is 1.74. The van der Waals surface area contributed by atoms with Crippen LogP contribution < -0.4 is 21.5 Å². The van der Waals surface area contributed by atoms with Crippen LogP contribution in [0, 0.1) is 0 Å². The molecule has 3 aromatic carbocycles. The Morgan fingerprint density at radius 1 is 0.846 bits per heavy atom. The largest absolute Gasteiger partial charge is 0.480 e. The van der Waals surface area contributed by atoms with E-state index in [0.29, 0.717) is 6.54 Å². The maximum Gasteiger partial charge on any atom is 0.326 e. The number of carboxylic acids is 1. The zero-order chi connectivity index (χ0) is 18.5. The van der Waals surface area contributed by atoms with Gasteiger partial charge in [-0.2, -0.15) is 0 Å². The predicted molar refractivity (Wildman–Crippen MR) is 100 cm³/mol. The highest BCUT2D eigenvalue weighted by Crippen LogP contribution is 2.18. The minimum Gasteiger partial charge on any atom is -0.480 e. The van der Waals surface area contributed by atoms with Gasteiger partial charge in [0.1, 0.15) is 17.4 Å². The Morgan fingerprint density at radius 3 is 1.96 bits per heavy atom. The number of benzene rings is 2. The van der Waals surface area contributed by atoms with E-state index in [1.807, 2.05) is 60.7 Å². The third-order valence-electron chi connectivity index (χ3n) is 4.12. The molecule has 0 bridgehead atoms. The van der Waals surface area contributed by atoms with Gasteiger partial charge in [-0.05, 0) is 11.1 Å². The average Bonchev–Trinajstić information content (AvgIpc) is 2.67. The van der Waals surface area contributed by atoms with E-state index in [1.165, 1.54) is 0 Å². The summed E-state index contributed by atoms with van der Waals surface area (Å²) in [6, 6.07) is 17.5. The minimum absolute atomic E-state index is 0.0364. The number of carbonyl (C=O) groups is 1. The Labute approximate surface area is 149 Å². The molecule has 0 amide bonds. The molecule has 0 spiro atoms. The van der Waals surface area contributed by atoms with Crippen LogP contribution >= 0.6 is 0 Å². The summed E-state index contributed by atoms with van der Waals surface area (Å²) < 4.78 is 0. The zero-order valence-corrected chi connectivity index (χ0v) is 13.9. The lowest BCUT2D eigenvalue weighted by molar-refractivity contribution is -0.137. The van der Waals surface area contributed by atoms with E-state index in [-0.39, 0.29) is 17.8 Å². The Bertz CT molecular complexity index is 961. The van der Waals surface area contributed by atoms with Gasteiger partial charge >= 0.3 is 5.97 Å². The van der Waals surface area contributed by atoms with E-state index in [0.717, 1.165) is 11.1 Å². The number of nitrogens with one attached hydrogen (secondary N) is 2. The van der Waals surface area contributed by atoms with Crippen molar-refractivity contribution >= 4 is 17.3 Å². The summed E-state index contributed by atoms with van der Waals surface area (Å²) in [5.41, 5.74) is 0.620. The molecule has 0 aliphatic heterocycles. The lowest BCUT2D eigenvalue weighted by Gasteiger charge is -2.20. The Kier molecular flexibility index (Phi) is 5.12. The molecule has 26 heavy (non-hydrogen) atoms. The van der Waals surface area contributed by atoms with E-state index in [2.05, 4.69) is 10.6 Å². The van der Waals surface area contributed by atoms with Crippen molar-refractivity contribution in [3.05, 3.63) is 92.2 Å². The van der Waals surface area contributed by atoms with Crippen LogP contribution in [0.2, 0.25) is 0 Å². The SMILES string of the molecule is O=C(O)C(Cc1ccccc1)Nc1c(NCc2ccccc2)c(=O)c1=O. The third-order valence-corrected chi connectivity index (χ3v) is 4.12. The van der Waals surface area contributed by atoms with Crippen LogP contribution in [0.3, 0.4) is 0 Å². The van der Waals surface area contributed by atoms with Crippen molar-refractivity contribution in [2.24, 2.45) is 0 Å². The number of aliphatic carboxylic acids is 1. The minimum atomic E-state index is -1.09. The van der Waals surface area contributed by atoms with Gasteiger partial charge in [0.15, 0.2) is 0 Å². The van der Waals surface area contributed by atoms with Crippen LogP contribution in [0.5, 0.6) is 0 Å². The molecule has 0 aromatic heterocycles. The maximum absolute atomic E-state index is 11.9. The van der Waals surface area contributed by atoms with Gasteiger partial charge < -0.3 is 15.7 Å². The smallest absolute Gasteiger partial charge is 0.326 e. The van der Waals surface area contributed by atoms with Crippen LogP contribution in [0.25, 0.3) is 0 Å². The summed E-state index contributed by atoms with van der Waals surface area (Å²) >= 11 is 0. The highest BCUT2D eigenvalue weighted by atomic mass is 16.4. The fourth-order valence-corrected chi connectivity index (χ4v) is 2.71. The Hall–Kier alpha value is -3.41. The molecule has 3 N–H and O–H groups in total. The Morgan fingerprint density at radius 2 is 1.38 bits per heavy atom. The first-order chi connectivity index (χ1) is 12.6. The van der Waals surface area contributed by atoms with E-state index in [9.17, 15) is 19.5 Å². The highest BCUT2D eigenvalue weighted by Gasteiger charge is 2.26. The van der Waals surface area contributed by atoms with Crippen molar-refractivity contribution in [2.45, 2.75) is 19.0 Å². The van der Waals surface area contributed by atoms with Crippen molar-refractivity contribution in [1.29, 1.82) is 0 Å². The molecule has 0 heterocycles. The van der Waals surface area contributed by atoms with Crippen molar-refractivity contribution in [1.82, 2.24) is 0 Å². The normalized spacial score (nSPS) is 11.8. The molecule has 3 rings (SSSR count). The molecule has 0 fully saturated rings. The lowest BCUT2D eigenvalue weighted by atomic mass is 10.0. The summed E-state index contributed by atoms with van der Waals surface area (Å²) in [7, 11) is 0. The quantitative estimate of drug-likeness (QED) is 0.538. The summed E-state index contributed by atoms with van der Waals surface area (Å²) in [6.45, 7) is 0.372. The van der Waals surface area contributed by atoms with Crippen molar-refractivity contribution in [3.63, 3.8) is 0 Å². The molecule has 0 radical (unpaired) electrons. The summed E-state index contributed by atoms with van der Waals surface area (Å²) in [6.07, 6.45) is 0.201. The number of rotatable bonds is 8. The van der Waals surface area contributed by atoms with E-state index < -0.39 is 22.9 Å². The monoisotopic (exact) mass is 350 g/mol. The molecule has 1 atom stereocenters. The van der Waals surface area contributed by atoms with Crippen molar-refractivity contribution in [2.75, 3.05) is 10.6 Å². The van der Waals surface area contributed by atoms with Gasteiger partial charge in [0, 0.05) is 13.0 Å². The van der Waals surface area contributed by atoms with Crippen LogP contribution in [-0.4, -0.2) is 17.1 Å². The number of carboxylic acid groups (broad SMARTS) is 1. The second kappa shape index (κ2) is 7.65. The molecule has 1 unspecified atom stereocenters. The lowest BCUT2D eigenvalue weighted by Crippen LogP contribution is -2.42.